The third kappa shape index (κ3) is 3.44. The predicted molar refractivity (Wildman–Crippen MR) is 85.9 cm³/mol. The molecule has 0 aromatic heterocycles. The Morgan fingerprint density at radius 3 is 3.00 bits per heavy atom. The summed E-state index contributed by atoms with van der Waals surface area (Å²) in [6, 6.07) is 7.11. The van der Waals surface area contributed by atoms with E-state index in [9.17, 15) is 8.76 Å². The van der Waals surface area contributed by atoms with E-state index in [-0.39, 0.29) is 5.75 Å². The summed E-state index contributed by atoms with van der Waals surface area (Å²) in [6.45, 7) is 1.21. The van der Waals surface area contributed by atoms with Crippen LogP contribution >= 0.6 is 0 Å². The molecule has 21 heavy (non-hydrogen) atoms. The zero-order chi connectivity index (χ0) is 14.8. The summed E-state index contributed by atoms with van der Waals surface area (Å²) < 4.78 is 21.4. The quantitative estimate of drug-likeness (QED) is 0.785. The minimum Gasteiger partial charge on any atom is -0.772 e. The van der Waals surface area contributed by atoms with Gasteiger partial charge < -0.3 is 9.45 Å². The number of rotatable bonds is 5. The number of hydrogen-bond donors (Lipinski definition) is 0. The summed E-state index contributed by atoms with van der Waals surface area (Å²) in [7, 11) is 2.22. The standard InChI is InChI=1S/C17H23NO2S/c1-18-9-2-3-16(18)12-15-7-6-14-5-4-13(11-17(14)15)8-10-21(19)20/h4-5,7,11,16H,2-3,6,8-10,12H2,1H3,(H,19,20)/p-1/t16-/m1/s1. The van der Waals surface area contributed by atoms with Crippen LogP contribution in [0.25, 0.3) is 5.57 Å². The lowest BCUT2D eigenvalue weighted by Crippen LogP contribution is -2.24. The molecule has 0 radical (unpaired) electrons. The van der Waals surface area contributed by atoms with E-state index in [1.165, 1.54) is 36.1 Å². The molecule has 1 saturated heterocycles. The SMILES string of the molecule is CN1CCC[C@@H]1CC1=CCc2ccc(CCS(=O)[O-])cc21. The van der Waals surface area contributed by atoms with Crippen LogP contribution < -0.4 is 0 Å². The zero-order valence-electron chi connectivity index (χ0n) is 12.5. The van der Waals surface area contributed by atoms with Gasteiger partial charge in [-0.3, -0.25) is 4.21 Å². The maximum Gasteiger partial charge on any atom is 0.0142 e. The van der Waals surface area contributed by atoms with Gasteiger partial charge in [-0.05, 0) is 68.0 Å². The maximum atomic E-state index is 10.7. The average molecular weight is 304 g/mol. The van der Waals surface area contributed by atoms with Crippen molar-refractivity contribution in [3.05, 3.63) is 41.0 Å². The minimum absolute atomic E-state index is 0.212. The molecule has 1 aromatic rings. The van der Waals surface area contributed by atoms with Crippen molar-refractivity contribution in [1.82, 2.24) is 4.90 Å². The molecule has 114 valence electrons. The average Bonchev–Trinajstić information content (AvgIpc) is 3.04. The van der Waals surface area contributed by atoms with Crippen LogP contribution in [0.2, 0.25) is 0 Å². The third-order valence-corrected chi connectivity index (χ3v) is 5.31. The topological polar surface area (TPSA) is 43.4 Å². The predicted octanol–water partition coefficient (Wildman–Crippen LogP) is 2.53. The fraction of sp³-hybridized carbons (Fsp3) is 0.529. The summed E-state index contributed by atoms with van der Waals surface area (Å²) in [6.07, 6.45) is 7.70. The Bertz CT molecular complexity index is 582. The Labute approximate surface area is 129 Å². The highest BCUT2D eigenvalue weighted by molar-refractivity contribution is 7.79. The van der Waals surface area contributed by atoms with Crippen molar-refractivity contribution in [1.29, 1.82) is 0 Å². The lowest BCUT2D eigenvalue weighted by atomic mass is 9.96. The molecule has 2 atom stereocenters. The third-order valence-electron chi connectivity index (χ3n) is 4.77. The van der Waals surface area contributed by atoms with Crippen LogP contribution in [0.5, 0.6) is 0 Å². The number of aryl methyl sites for hydroxylation is 1. The maximum absolute atomic E-state index is 10.7. The summed E-state index contributed by atoms with van der Waals surface area (Å²) in [5.74, 6) is 0.212. The van der Waals surface area contributed by atoms with E-state index in [1.54, 1.807) is 0 Å². The Hall–Kier alpha value is -0.970. The fourth-order valence-electron chi connectivity index (χ4n) is 3.48. The molecule has 1 aliphatic heterocycles. The molecule has 0 amide bonds. The van der Waals surface area contributed by atoms with Crippen molar-refractivity contribution in [2.45, 2.75) is 38.1 Å². The molecule has 1 aromatic carbocycles. The molecule has 0 N–H and O–H groups in total. The number of allylic oxidation sites excluding steroid dienone is 1. The van der Waals surface area contributed by atoms with Gasteiger partial charge in [0.15, 0.2) is 0 Å². The first-order valence-corrected chi connectivity index (χ1v) is 8.95. The van der Waals surface area contributed by atoms with E-state index >= 15 is 0 Å². The molecule has 0 bridgehead atoms. The number of likely N-dealkylation sites (tertiary alicyclic amines) is 1. The van der Waals surface area contributed by atoms with E-state index in [2.05, 4.69) is 36.2 Å². The van der Waals surface area contributed by atoms with Crippen molar-refractivity contribution in [2.24, 2.45) is 0 Å². The molecule has 1 fully saturated rings. The van der Waals surface area contributed by atoms with Crippen LogP contribution in [0.3, 0.4) is 0 Å². The van der Waals surface area contributed by atoms with E-state index < -0.39 is 11.1 Å². The molecule has 3 rings (SSSR count). The van der Waals surface area contributed by atoms with Crippen LogP contribution in [0.1, 0.15) is 36.0 Å². The first kappa shape index (κ1) is 14.9. The van der Waals surface area contributed by atoms with Gasteiger partial charge in [0.2, 0.25) is 0 Å². The lowest BCUT2D eigenvalue weighted by molar-refractivity contribution is 0.315. The summed E-state index contributed by atoms with van der Waals surface area (Å²) in [4.78, 5) is 2.46. The van der Waals surface area contributed by atoms with Crippen LogP contribution in [0, 0.1) is 0 Å². The molecule has 0 saturated carbocycles. The highest BCUT2D eigenvalue weighted by Gasteiger charge is 2.24. The fourth-order valence-corrected chi connectivity index (χ4v) is 3.89. The molecule has 0 spiro atoms. The van der Waals surface area contributed by atoms with Crippen molar-refractivity contribution in [3.8, 4) is 0 Å². The monoisotopic (exact) mass is 304 g/mol. The highest BCUT2D eigenvalue weighted by atomic mass is 32.2. The number of nitrogens with zero attached hydrogens (tertiary/aromatic N) is 1. The molecule has 1 heterocycles. The zero-order valence-corrected chi connectivity index (χ0v) is 13.3. The van der Waals surface area contributed by atoms with Gasteiger partial charge >= 0.3 is 0 Å². The second-order valence-electron chi connectivity index (χ2n) is 6.16. The molecule has 4 heteroatoms. The summed E-state index contributed by atoms with van der Waals surface area (Å²) >= 11 is -1.95. The van der Waals surface area contributed by atoms with E-state index in [1.807, 2.05) is 0 Å². The van der Waals surface area contributed by atoms with Gasteiger partial charge in [-0.15, -0.1) is 0 Å². The van der Waals surface area contributed by atoms with Gasteiger partial charge in [-0.2, -0.15) is 0 Å². The van der Waals surface area contributed by atoms with E-state index in [0.717, 1.165) is 18.4 Å². The van der Waals surface area contributed by atoms with Crippen LogP contribution in [0.4, 0.5) is 0 Å². The number of fused-ring (bicyclic) bond motifs is 1. The van der Waals surface area contributed by atoms with Crippen molar-refractivity contribution in [3.63, 3.8) is 0 Å². The molecular formula is C17H22NO2S-. The Morgan fingerprint density at radius 1 is 1.43 bits per heavy atom. The van der Waals surface area contributed by atoms with E-state index in [0.29, 0.717) is 12.5 Å². The minimum atomic E-state index is -1.95. The normalized spacial score (nSPS) is 23.1. The van der Waals surface area contributed by atoms with Gasteiger partial charge in [0, 0.05) is 11.8 Å². The van der Waals surface area contributed by atoms with Crippen LogP contribution in [0.15, 0.2) is 24.3 Å². The first-order chi connectivity index (χ1) is 10.1. The Balaban J connectivity index is 1.73. The highest BCUT2D eigenvalue weighted by Crippen LogP contribution is 2.34. The van der Waals surface area contributed by atoms with Crippen molar-refractivity contribution < 1.29 is 8.76 Å². The molecular weight excluding hydrogens is 282 g/mol. The molecule has 1 unspecified atom stereocenters. The smallest absolute Gasteiger partial charge is 0.0142 e. The van der Waals surface area contributed by atoms with Crippen molar-refractivity contribution in [2.75, 3.05) is 19.3 Å². The van der Waals surface area contributed by atoms with Crippen molar-refractivity contribution >= 4 is 16.7 Å². The van der Waals surface area contributed by atoms with Crippen LogP contribution in [-0.2, 0) is 23.9 Å². The van der Waals surface area contributed by atoms with E-state index in [4.69, 9.17) is 0 Å². The first-order valence-electron chi connectivity index (χ1n) is 7.71. The lowest BCUT2D eigenvalue weighted by Gasteiger charge is -2.20. The molecule has 3 nitrogen and oxygen atoms in total. The van der Waals surface area contributed by atoms with Crippen LogP contribution in [-0.4, -0.2) is 39.0 Å². The Kier molecular flexibility index (Phi) is 4.57. The largest absolute Gasteiger partial charge is 0.772 e. The van der Waals surface area contributed by atoms with Gasteiger partial charge in [0.05, 0.1) is 0 Å². The summed E-state index contributed by atoms with van der Waals surface area (Å²) in [5, 5.41) is 0. The van der Waals surface area contributed by atoms with Gasteiger partial charge in [0.25, 0.3) is 0 Å². The van der Waals surface area contributed by atoms with Gasteiger partial charge in [0.1, 0.15) is 0 Å². The summed E-state index contributed by atoms with van der Waals surface area (Å²) in [5.41, 5.74) is 5.32. The van der Waals surface area contributed by atoms with Gasteiger partial charge in [-0.1, -0.05) is 35.4 Å². The number of hydrogen-bond acceptors (Lipinski definition) is 3. The molecule has 2 aliphatic rings. The second kappa shape index (κ2) is 6.42. The number of benzene rings is 1. The second-order valence-corrected chi connectivity index (χ2v) is 7.18. The van der Waals surface area contributed by atoms with Gasteiger partial charge in [-0.25, -0.2) is 0 Å². The molecule has 1 aliphatic carbocycles. The Morgan fingerprint density at radius 2 is 2.29 bits per heavy atom.